The van der Waals surface area contributed by atoms with Gasteiger partial charge in [0.25, 0.3) is 0 Å². The summed E-state index contributed by atoms with van der Waals surface area (Å²) in [6, 6.07) is 0. The minimum Gasteiger partial charge on any atom is -0.388 e. The molecular weight excluding hydrogens is 218 g/mol. The Hall–Kier alpha value is -0.910. The predicted octanol–water partition coefficient (Wildman–Crippen LogP) is 0.393. The van der Waals surface area contributed by atoms with Crippen LogP contribution in [0.25, 0.3) is 0 Å². The normalized spacial score (nSPS) is 19.8. The number of nitrogens with zero attached hydrogens (tertiary/aromatic N) is 3. The summed E-state index contributed by atoms with van der Waals surface area (Å²) in [7, 11) is 4.01. The number of ether oxygens (including phenoxy) is 1. The van der Waals surface area contributed by atoms with Gasteiger partial charge in [-0.05, 0) is 7.05 Å². The third kappa shape index (κ3) is 3.28. The Labute approximate surface area is 102 Å². The average molecular weight is 239 g/mol. The highest BCUT2D eigenvalue weighted by Crippen LogP contribution is 2.21. The van der Waals surface area contributed by atoms with Crippen LogP contribution in [-0.2, 0) is 18.3 Å². The van der Waals surface area contributed by atoms with Gasteiger partial charge in [0.2, 0.25) is 0 Å². The zero-order valence-electron chi connectivity index (χ0n) is 10.6. The lowest BCUT2D eigenvalue weighted by Crippen LogP contribution is -2.45. The van der Waals surface area contributed by atoms with Gasteiger partial charge in [0.05, 0.1) is 17.6 Å². The molecule has 0 bridgehead atoms. The van der Waals surface area contributed by atoms with E-state index in [4.69, 9.17) is 4.74 Å². The summed E-state index contributed by atoms with van der Waals surface area (Å²) >= 11 is 0. The standard InChI is InChI=1S/C12H21N3O2/c1-14(8-11-7-13-10-15(11)2)9-12(16)3-5-17-6-4-12/h7,10,16H,3-6,8-9H2,1-2H3. The lowest BCUT2D eigenvalue weighted by molar-refractivity contribution is -0.0779. The summed E-state index contributed by atoms with van der Waals surface area (Å²) in [6.45, 7) is 2.81. The molecule has 96 valence electrons. The van der Waals surface area contributed by atoms with E-state index in [1.54, 1.807) is 6.33 Å². The molecular formula is C12H21N3O2. The number of hydrogen-bond acceptors (Lipinski definition) is 4. The maximum Gasteiger partial charge on any atom is 0.0945 e. The van der Waals surface area contributed by atoms with E-state index in [0.29, 0.717) is 19.8 Å². The number of aryl methyl sites for hydroxylation is 1. The SMILES string of the molecule is CN(Cc1cncn1C)CC1(O)CCOCC1. The molecule has 17 heavy (non-hydrogen) atoms. The smallest absolute Gasteiger partial charge is 0.0945 e. The number of imidazole rings is 1. The second-order valence-electron chi connectivity index (χ2n) is 5.00. The van der Waals surface area contributed by atoms with Crippen molar-refractivity contribution in [2.45, 2.75) is 25.0 Å². The molecule has 0 atom stereocenters. The van der Waals surface area contributed by atoms with E-state index in [0.717, 1.165) is 25.1 Å². The van der Waals surface area contributed by atoms with Gasteiger partial charge in [-0.1, -0.05) is 0 Å². The Balaban J connectivity index is 1.88. The Morgan fingerprint density at radius 1 is 1.53 bits per heavy atom. The fourth-order valence-corrected chi connectivity index (χ4v) is 2.28. The van der Waals surface area contributed by atoms with E-state index >= 15 is 0 Å². The number of hydrogen-bond donors (Lipinski definition) is 1. The summed E-state index contributed by atoms with van der Waals surface area (Å²) in [5, 5.41) is 10.4. The van der Waals surface area contributed by atoms with E-state index < -0.39 is 5.60 Å². The molecule has 0 aliphatic carbocycles. The van der Waals surface area contributed by atoms with Gasteiger partial charge in [0, 0.05) is 52.4 Å². The van der Waals surface area contributed by atoms with Crippen LogP contribution >= 0.6 is 0 Å². The highest BCUT2D eigenvalue weighted by atomic mass is 16.5. The Kier molecular flexibility index (Phi) is 3.81. The van der Waals surface area contributed by atoms with E-state index in [1.165, 1.54) is 0 Å². The second-order valence-corrected chi connectivity index (χ2v) is 5.00. The molecule has 1 fully saturated rings. The summed E-state index contributed by atoms with van der Waals surface area (Å²) in [5.41, 5.74) is 0.564. The van der Waals surface area contributed by atoms with Crippen LogP contribution in [0.2, 0.25) is 0 Å². The molecule has 0 saturated carbocycles. The van der Waals surface area contributed by atoms with Gasteiger partial charge in [0.1, 0.15) is 0 Å². The quantitative estimate of drug-likeness (QED) is 0.826. The van der Waals surface area contributed by atoms with Crippen molar-refractivity contribution >= 4 is 0 Å². The van der Waals surface area contributed by atoms with Crippen molar-refractivity contribution < 1.29 is 9.84 Å². The van der Waals surface area contributed by atoms with Gasteiger partial charge >= 0.3 is 0 Å². The van der Waals surface area contributed by atoms with E-state index in [2.05, 4.69) is 9.88 Å². The molecule has 0 unspecified atom stereocenters. The van der Waals surface area contributed by atoms with Gasteiger partial charge in [-0.2, -0.15) is 0 Å². The van der Waals surface area contributed by atoms with Crippen molar-refractivity contribution in [3.63, 3.8) is 0 Å². The highest BCUT2D eigenvalue weighted by molar-refractivity contribution is 4.97. The zero-order valence-corrected chi connectivity index (χ0v) is 10.6. The fourth-order valence-electron chi connectivity index (χ4n) is 2.28. The van der Waals surface area contributed by atoms with Crippen molar-refractivity contribution in [3.05, 3.63) is 18.2 Å². The van der Waals surface area contributed by atoms with Crippen LogP contribution in [0.15, 0.2) is 12.5 Å². The van der Waals surface area contributed by atoms with Crippen LogP contribution < -0.4 is 0 Å². The number of aliphatic hydroxyl groups is 1. The third-order valence-electron chi connectivity index (χ3n) is 3.34. The Bertz CT molecular complexity index is 358. The average Bonchev–Trinajstić information content (AvgIpc) is 2.64. The van der Waals surface area contributed by atoms with Crippen molar-refractivity contribution in [3.8, 4) is 0 Å². The van der Waals surface area contributed by atoms with Crippen LogP contribution in [0.4, 0.5) is 0 Å². The third-order valence-corrected chi connectivity index (χ3v) is 3.34. The number of aromatic nitrogens is 2. The highest BCUT2D eigenvalue weighted by Gasteiger charge is 2.31. The Morgan fingerprint density at radius 3 is 2.82 bits per heavy atom. The van der Waals surface area contributed by atoms with Crippen LogP contribution in [0, 0.1) is 0 Å². The minimum atomic E-state index is -0.592. The molecule has 2 heterocycles. The van der Waals surface area contributed by atoms with Gasteiger partial charge in [-0.25, -0.2) is 4.98 Å². The monoisotopic (exact) mass is 239 g/mol. The van der Waals surface area contributed by atoms with Crippen molar-refractivity contribution in [2.75, 3.05) is 26.8 Å². The molecule has 1 aliphatic rings. The largest absolute Gasteiger partial charge is 0.388 e. The summed E-state index contributed by atoms with van der Waals surface area (Å²) in [5.74, 6) is 0. The fraction of sp³-hybridized carbons (Fsp3) is 0.750. The van der Waals surface area contributed by atoms with Crippen molar-refractivity contribution in [1.29, 1.82) is 0 Å². The molecule has 0 amide bonds. The Morgan fingerprint density at radius 2 is 2.24 bits per heavy atom. The van der Waals surface area contributed by atoms with Crippen molar-refractivity contribution in [2.24, 2.45) is 7.05 Å². The van der Waals surface area contributed by atoms with Gasteiger partial charge in [-0.15, -0.1) is 0 Å². The maximum atomic E-state index is 10.4. The molecule has 1 aliphatic heterocycles. The first-order chi connectivity index (χ1) is 8.09. The van der Waals surface area contributed by atoms with Crippen LogP contribution in [0.5, 0.6) is 0 Å². The van der Waals surface area contributed by atoms with Gasteiger partial charge < -0.3 is 14.4 Å². The van der Waals surface area contributed by atoms with E-state index in [-0.39, 0.29) is 0 Å². The molecule has 1 saturated heterocycles. The molecule has 2 rings (SSSR count). The maximum absolute atomic E-state index is 10.4. The summed E-state index contributed by atoms with van der Waals surface area (Å²) in [6.07, 6.45) is 5.11. The van der Waals surface area contributed by atoms with Crippen LogP contribution in [0.1, 0.15) is 18.5 Å². The zero-order chi connectivity index (χ0) is 12.3. The second kappa shape index (κ2) is 5.16. The molecule has 5 nitrogen and oxygen atoms in total. The predicted molar refractivity (Wildman–Crippen MR) is 64.5 cm³/mol. The molecule has 1 aromatic heterocycles. The molecule has 1 aromatic rings. The molecule has 5 heteroatoms. The summed E-state index contributed by atoms with van der Waals surface area (Å²) < 4.78 is 7.28. The van der Waals surface area contributed by atoms with E-state index in [9.17, 15) is 5.11 Å². The molecule has 0 spiro atoms. The molecule has 0 radical (unpaired) electrons. The van der Waals surface area contributed by atoms with Crippen LogP contribution in [-0.4, -0.2) is 52.0 Å². The first-order valence-corrected chi connectivity index (χ1v) is 6.03. The first-order valence-electron chi connectivity index (χ1n) is 6.03. The topological polar surface area (TPSA) is 50.5 Å². The van der Waals surface area contributed by atoms with Crippen LogP contribution in [0.3, 0.4) is 0 Å². The first kappa shape index (κ1) is 12.5. The summed E-state index contributed by atoms with van der Waals surface area (Å²) in [4.78, 5) is 6.23. The van der Waals surface area contributed by atoms with Gasteiger partial charge in [0.15, 0.2) is 0 Å². The van der Waals surface area contributed by atoms with Crippen molar-refractivity contribution in [1.82, 2.24) is 14.5 Å². The molecule has 1 N–H and O–H groups in total. The minimum absolute atomic E-state index is 0.592. The number of rotatable bonds is 4. The lowest BCUT2D eigenvalue weighted by Gasteiger charge is -2.35. The molecule has 0 aromatic carbocycles. The lowest BCUT2D eigenvalue weighted by atomic mass is 9.94. The van der Waals surface area contributed by atoms with Gasteiger partial charge in [-0.3, -0.25) is 4.90 Å². The van der Waals surface area contributed by atoms with E-state index in [1.807, 2.05) is 24.9 Å². The number of likely N-dealkylation sites (N-methyl/N-ethyl adjacent to an activating group) is 1.